The maximum absolute atomic E-state index is 12.9. The molecule has 1 aliphatic rings. The number of carbonyl (C=O) groups excluding carboxylic acids is 1. The van der Waals surface area contributed by atoms with Crippen molar-refractivity contribution >= 4 is 11.5 Å². The van der Waals surface area contributed by atoms with E-state index in [4.69, 9.17) is 0 Å². The maximum atomic E-state index is 12.9. The van der Waals surface area contributed by atoms with E-state index < -0.39 is 5.54 Å². The first-order valence-corrected chi connectivity index (χ1v) is 10.5. The van der Waals surface area contributed by atoms with Crippen LogP contribution in [-0.4, -0.2) is 5.91 Å². The Balaban J connectivity index is 2.02. The molecule has 0 saturated heterocycles. The Bertz CT molecular complexity index is 1020. The molecule has 0 bridgehead atoms. The largest absolute Gasteiger partial charge is 0.342 e. The lowest BCUT2D eigenvalue weighted by Crippen LogP contribution is -2.47. The minimum absolute atomic E-state index is 0.0538. The number of nitrogens with one attached hydrogen (secondary N) is 1. The molecule has 1 N–H and O–H groups in total. The molecule has 3 nitrogen and oxygen atoms in total. The average molecular weight is 401 g/mol. The van der Waals surface area contributed by atoms with Crippen molar-refractivity contribution in [2.24, 2.45) is 0 Å². The predicted molar refractivity (Wildman–Crippen MR) is 123 cm³/mol. The summed E-state index contributed by atoms with van der Waals surface area (Å²) in [5, 5.41) is 12.8. The molecule has 1 amide bonds. The summed E-state index contributed by atoms with van der Waals surface area (Å²) in [6.07, 6.45) is 0.575. The van der Waals surface area contributed by atoms with Crippen molar-refractivity contribution in [2.75, 3.05) is 0 Å². The monoisotopic (exact) mass is 400 g/mol. The van der Waals surface area contributed by atoms with Crippen molar-refractivity contribution in [3.8, 4) is 6.07 Å². The molecule has 0 fully saturated rings. The van der Waals surface area contributed by atoms with E-state index in [1.54, 1.807) is 0 Å². The molecule has 0 aliphatic carbocycles. The van der Waals surface area contributed by atoms with Gasteiger partial charge in [0.25, 0.3) is 5.91 Å². The van der Waals surface area contributed by atoms with Crippen molar-refractivity contribution in [1.82, 2.24) is 5.32 Å². The normalized spacial score (nSPS) is 20.0. The Morgan fingerprint density at radius 3 is 1.77 bits per heavy atom. The van der Waals surface area contributed by atoms with Crippen LogP contribution in [0.25, 0.3) is 5.57 Å². The molecule has 1 aliphatic heterocycles. The lowest BCUT2D eigenvalue weighted by molar-refractivity contribution is -0.119. The van der Waals surface area contributed by atoms with Gasteiger partial charge in [0.15, 0.2) is 0 Å². The molecule has 30 heavy (non-hydrogen) atoms. The quantitative estimate of drug-likeness (QED) is 0.673. The number of carbonyl (C=O) groups is 1. The third kappa shape index (κ3) is 4.19. The zero-order valence-electron chi connectivity index (χ0n) is 19.2. The molecule has 0 aromatic heterocycles. The fourth-order valence-electron chi connectivity index (χ4n) is 3.98. The van der Waals surface area contributed by atoms with Gasteiger partial charge in [0.2, 0.25) is 0 Å². The smallest absolute Gasteiger partial charge is 0.262 e. The number of amides is 1. The van der Waals surface area contributed by atoms with Crippen LogP contribution in [0.1, 0.15) is 77.1 Å². The van der Waals surface area contributed by atoms with Gasteiger partial charge in [0.05, 0.1) is 5.54 Å². The summed E-state index contributed by atoms with van der Waals surface area (Å²) in [6.45, 7) is 15.1. The second-order valence-corrected chi connectivity index (χ2v) is 10.6. The Kier molecular flexibility index (Phi) is 5.41. The second kappa shape index (κ2) is 7.43. The van der Waals surface area contributed by atoms with E-state index >= 15 is 0 Å². The fourth-order valence-corrected chi connectivity index (χ4v) is 3.98. The van der Waals surface area contributed by atoms with Gasteiger partial charge in [0.1, 0.15) is 11.6 Å². The maximum Gasteiger partial charge on any atom is 0.262 e. The summed E-state index contributed by atoms with van der Waals surface area (Å²) in [5.41, 5.74) is 5.05. The third-order valence-electron chi connectivity index (χ3n) is 6.05. The van der Waals surface area contributed by atoms with E-state index in [0.29, 0.717) is 6.42 Å². The Morgan fingerprint density at radius 1 is 0.867 bits per heavy atom. The van der Waals surface area contributed by atoms with Crippen LogP contribution >= 0.6 is 0 Å². The minimum atomic E-state index is -0.564. The Labute approximate surface area is 180 Å². The molecule has 1 atom stereocenters. The van der Waals surface area contributed by atoms with Crippen molar-refractivity contribution < 1.29 is 4.79 Å². The van der Waals surface area contributed by atoms with Gasteiger partial charge >= 0.3 is 0 Å². The summed E-state index contributed by atoms with van der Waals surface area (Å²) in [4.78, 5) is 12.9. The minimum Gasteiger partial charge on any atom is -0.342 e. The molecule has 0 saturated carbocycles. The number of benzene rings is 2. The lowest BCUT2D eigenvalue weighted by atomic mass is 9.77. The molecule has 3 heteroatoms. The zero-order chi connectivity index (χ0) is 22.3. The zero-order valence-corrected chi connectivity index (χ0v) is 19.2. The number of rotatable bonds is 2. The molecule has 3 rings (SSSR count). The SMILES string of the molecule is CC(C)(C)c1ccc(C2=C(C#N)C(=O)NC(C)(c3ccc(C(C)(C)C)cc3)C2)cc1. The van der Waals surface area contributed by atoms with Gasteiger partial charge in [-0.15, -0.1) is 0 Å². The highest BCUT2D eigenvalue weighted by molar-refractivity contribution is 6.07. The predicted octanol–water partition coefficient (Wildman–Crippen LogP) is 5.99. The molecule has 0 radical (unpaired) electrons. The van der Waals surface area contributed by atoms with Crippen LogP contribution in [0.5, 0.6) is 0 Å². The molecule has 1 heterocycles. The van der Waals surface area contributed by atoms with Gasteiger partial charge in [-0.2, -0.15) is 5.26 Å². The fraction of sp³-hybridized carbons (Fsp3) is 0.407. The van der Waals surface area contributed by atoms with E-state index in [1.165, 1.54) is 11.1 Å². The van der Waals surface area contributed by atoms with Crippen molar-refractivity contribution in [1.29, 1.82) is 5.26 Å². The van der Waals surface area contributed by atoms with Crippen LogP contribution in [0.3, 0.4) is 0 Å². The Hall–Kier alpha value is -2.86. The van der Waals surface area contributed by atoms with Crippen LogP contribution in [0.2, 0.25) is 0 Å². The van der Waals surface area contributed by atoms with Crippen molar-refractivity contribution in [3.63, 3.8) is 0 Å². The first-order valence-electron chi connectivity index (χ1n) is 10.5. The first kappa shape index (κ1) is 21.8. The molecule has 1 unspecified atom stereocenters. The topological polar surface area (TPSA) is 52.9 Å². The molecule has 2 aromatic carbocycles. The van der Waals surface area contributed by atoms with E-state index in [0.717, 1.165) is 16.7 Å². The van der Waals surface area contributed by atoms with Crippen molar-refractivity contribution in [2.45, 2.75) is 71.3 Å². The molecular formula is C27H32N2O. The van der Waals surface area contributed by atoms with Gasteiger partial charge in [-0.05, 0) is 45.6 Å². The summed E-state index contributed by atoms with van der Waals surface area (Å²) in [5.74, 6) is -0.305. The standard InChI is InChI=1S/C27H32N2O/c1-25(2,3)19-10-8-18(9-11-19)22-16-27(7,29-24(30)23(22)17-28)21-14-12-20(13-15-21)26(4,5)6/h8-15H,16H2,1-7H3,(H,29,30). The molecule has 0 spiro atoms. The number of nitriles is 1. The van der Waals surface area contributed by atoms with Crippen LogP contribution in [-0.2, 0) is 21.2 Å². The highest BCUT2D eigenvalue weighted by Gasteiger charge is 2.37. The number of nitrogens with zero attached hydrogens (tertiary/aromatic N) is 1. The van der Waals surface area contributed by atoms with Gasteiger partial charge in [-0.25, -0.2) is 0 Å². The average Bonchev–Trinajstić information content (AvgIpc) is 2.66. The van der Waals surface area contributed by atoms with Gasteiger partial charge in [-0.1, -0.05) is 90.1 Å². The lowest BCUT2D eigenvalue weighted by Gasteiger charge is -2.37. The van der Waals surface area contributed by atoms with Crippen molar-refractivity contribution in [3.05, 3.63) is 76.4 Å². The van der Waals surface area contributed by atoms with E-state index in [2.05, 4.69) is 89.3 Å². The summed E-state index contributed by atoms with van der Waals surface area (Å²) >= 11 is 0. The summed E-state index contributed by atoms with van der Waals surface area (Å²) < 4.78 is 0. The molecule has 156 valence electrons. The number of hydrogen-bond acceptors (Lipinski definition) is 2. The van der Waals surface area contributed by atoms with Gasteiger partial charge in [0, 0.05) is 6.42 Å². The van der Waals surface area contributed by atoms with E-state index in [9.17, 15) is 10.1 Å². The van der Waals surface area contributed by atoms with E-state index in [-0.39, 0.29) is 22.3 Å². The summed E-state index contributed by atoms with van der Waals surface area (Å²) in [7, 11) is 0. The van der Waals surface area contributed by atoms with E-state index in [1.807, 2.05) is 19.1 Å². The van der Waals surface area contributed by atoms with Gasteiger partial charge < -0.3 is 5.32 Å². The second-order valence-electron chi connectivity index (χ2n) is 10.6. The van der Waals surface area contributed by atoms with Crippen LogP contribution < -0.4 is 5.32 Å². The molecule has 2 aromatic rings. The highest BCUT2D eigenvalue weighted by Crippen LogP contribution is 2.39. The number of hydrogen-bond donors (Lipinski definition) is 1. The molecular weight excluding hydrogens is 368 g/mol. The Morgan fingerprint density at radius 2 is 1.33 bits per heavy atom. The van der Waals surface area contributed by atoms with Crippen LogP contribution in [0.4, 0.5) is 0 Å². The third-order valence-corrected chi connectivity index (χ3v) is 6.05. The van der Waals surface area contributed by atoms with Gasteiger partial charge in [-0.3, -0.25) is 4.79 Å². The summed E-state index contributed by atoms with van der Waals surface area (Å²) in [6, 6.07) is 18.9. The highest BCUT2D eigenvalue weighted by atomic mass is 16.1. The van der Waals surface area contributed by atoms with Crippen LogP contribution in [0.15, 0.2) is 54.1 Å². The van der Waals surface area contributed by atoms with Crippen LogP contribution in [0, 0.1) is 11.3 Å². The first-order chi connectivity index (χ1) is 13.8.